The minimum absolute atomic E-state index is 0.435. The number of aromatic nitrogens is 1. The van der Waals surface area contributed by atoms with Gasteiger partial charge in [-0.15, -0.1) is 0 Å². The van der Waals surface area contributed by atoms with Crippen molar-refractivity contribution in [2.75, 3.05) is 18.4 Å². The molecule has 1 aromatic heterocycles. The Morgan fingerprint density at radius 1 is 1.54 bits per heavy atom. The Morgan fingerprint density at radius 3 is 3.08 bits per heavy atom. The van der Waals surface area contributed by atoms with Gasteiger partial charge in [0.05, 0.1) is 11.9 Å². The van der Waals surface area contributed by atoms with Crippen LogP contribution in [0.25, 0.3) is 0 Å². The number of nitrogens with zero attached hydrogens (tertiary/aromatic N) is 1. The summed E-state index contributed by atoms with van der Waals surface area (Å²) in [6.07, 6.45) is 2.63. The number of hydrogen-bond donors (Lipinski definition) is 2. The van der Waals surface area contributed by atoms with Gasteiger partial charge in [-0.05, 0) is 25.1 Å². The van der Waals surface area contributed by atoms with Crippen molar-refractivity contribution in [2.45, 2.75) is 12.5 Å². The first-order chi connectivity index (χ1) is 6.34. The van der Waals surface area contributed by atoms with E-state index in [1.165, 1.54) is 12.3 Å². The number of nitrogens with one attached hydrogen (secondary N) is 2. The second-order valence-electron chi connectivity index (χ2n) is 3.20. The largest absolute Gasteiger partial charge is 0.380 e. The summed E-state index contributed by atoms with van der Waals surface area (Å²) in [6, 6.07) is 3.53. The molecular formula is C9H12FN3. The smallest absolute Gasteiger partial charge is 0.212 e. The number of halogens is 1. The molecule has 1 atom stereocenters. The molecule has 2 N–H and O–H groups in total. The lowest BCUT2D eigenvalue weighted by atomic mass is 10.2. The third kappa shape index (κ3) is 2.15. The molecule has 0 aromatic carbocycles. The zero-order chi connectivity index (χ0) is 9.10. The van der Waals surface area contributed by atoms with Gasteiger partial charge >= 0.3 is 0 Å². The van der Waals surface area contributed by atoms with Gasteiger partial charge in [-0.25, -0.2) is 4.98 Å². The minimum Gasteiger partial charge on any atom is -0.380 e. The van der Waals surface area contributed by atoms with E-state index >= 15 is 0 Å². The summed E-state index contributed by atoms with van der Waals surface area (Å²) in [5.74, 6) is -0.435. The number of anilines is 1. The van der Waals surface area contributed by atoms with Crippen molar-refractivity contribution in [2.24, 2.45) is 0 Å². The zero-order valence-electron chi connectivity index (χ0n) is 7.26. The van der Waals surface area contributed by atoms with Crippen LogP contribution in [0.3, 0.4) is 0 Å². The molecule has 1 unspecified atom stereocenters. The summed E-state index contributed by atoms with van der Waals surface area (Å²) in [4.78, 5) is 3.57. The molecule has 1 saturated heterocycles. The fraction of sp³-hybridized carbons (Fsp3) is 0.444. The lowest BCUT2D eigenvalue weighted by molar-refractivity contribution is 0.584. The van der Waals surface area contributed by atoms with E-state index in [4.69, 9.17) is 0 Å². The highest BCUT2D eigenvalue weighted by atomic mass is 19.1. The van der Waals surface area contributed by atoms with Crippen LogP contribution in [-0.4, -0.2) is 24.1 Å². The van der Waals surface area contributed by atoms with Gasteiger partial charge < -0.3 is 10.6 Å². The van der Waals surface area contributed by atoms with Crippen molar-refractivity contribution in [3.8, 4) is 0 Å². The number of hydrogen-bond acceptors (Lipinski definition) is 3. The van der Waals surface area contributed by atoms with Gasteiger partial charge in [0, 0.05) is 12.6 Å². The molecule has 1 aromatic rings. The van der Waals surface area contributed by atoms with Crippen molar-refractivity contribution in [3.05, 3.63) is 24.3 Å². The lowest BCUT2D eigenvalue weighted by Crippen LogP contribution is -2.22. The van der Waals surface area contributed by atoms with E-state index in [1.54, 1.807) is 6.07 Å². The fourth-order valence-electron chi connectivity index (χ4n) is 1.47. The van der Waals surface area contributed by atoms with Crippen LogP contribution in [-0.2, 0) is 0 Å². The summed E-state index contributed by atoms with van der Waals surface area (Å²) in [5.41, 5.74) is 0.884. The van der Waals surface area contributed by atoms with E-state index in [9.17, 15) is 4.39 Å². The van der Waals surface area contributed by atoms with E-state index in [0.29, 0.717) is 6.04 Å². The van der Waals surface area contributed by atoms with E-state index < -0.39 is 5.95 Å². The minimum atomic E-state index is -0.435. The summed E-state index contributed by atoms with van der Waals surface area (Å²) in [7, 11) is 0. The molecule has 13 heavy (non-hydrogen) atoms. The van der Waals surface area contributed by atoms with Gasteiger partial charge in [0.1, 0.15) is 0 Å². The Labute approximate surface area is 76.4 Å². The molecule has 0 spiro atoms. The maximum absolute atomic E-state index is 12.4. The molecule has 0 aliphatic carbocycles. The van der Waals surface area contributed by atoms with Crippen LogP contribution in [0.2, 0.25) is 0 Å². The molecule has 70 valence electrons. The molecule has 1 fully saturated rings. The highest BCUT2D eigenvalue weighted by Crippen LogP contribution is 2.10. The van der Waals surface area contributed by atoms with E-state index in [0.717, 1.165) is 25.2 Å². The predicted molar refractivity (Wildman–Crippen MR) is 49.1 cm³/mol. The first kappa shape index (κ1) is 8.44. The summed E-state index contributed by atoms with van der Waals surface area (Å²) in [5, 5.41) is 6.52. The topological polar surface area (TPSA) is 37.0 Å². The Hall–Kier alpha value is -1.16. The molecular weight excluding hydrogens is 169 g/mol. The van der Waals surface area contributed by atoms with Crippen LogP contribution < -0.4 is 10.6 Å². The van der Waals surface area contributed by atoms with Crippen LogP contribution >= 0.6 is 0 Å². The Morgan fingerprint density at radius 2 is 2.46 bits per heavy atom. The van der Waals surface area contributed by atoms with Crippen molar-refractivity contribution in [1.29, 1.82) is 0 Å². The van der Waals surface area contributed by atoms with Gasteiger partial charge in [-0.3, -0.25) is 0 Å². The lowest BCUT2D eigenvalue weighted by Gasteiger charge is -2.11. The van der Waals surface area contributed by atoms with Crippen LogP contribution in [0.5, 0.6) is 0 Å². The Balaban J connectivity index is 1.97. The van der Waals surface area contributed by atoms with Gasteiger partial charge in [0.15, 0.2) is 0 Å². The standard InChI is InChI=1S/C9H12FN3/c10-9-2-1-7(6-12-9)13-8-3-4-11-5-8/h1-2,6,8,11,13H,3-5H2. The van der Waals surface area contributed by atoms with Crippen LogP contribution in [0, 0.1) is 5.95 Å². The van der Waals surface area contributed by atoms with Crippen molar-refractivity contribution < 1.29 is 4.39 Å². The summed E-state index contributed by atoms with van der Waals surface area (Å²) in [6.45, 7) is 2.02. The molecule has 0 amide bonds. The molecule has 1 aliphatic rings. The van der Waals surface area contributed by atoms with Gasteiger partial charge in [-0.2, -0.15) is 4.39 Å². The molecule has 0 radical (unpaired) electrons. The first-order valence-electron chi connectivity index (χ1n) is 4.43. The molecule has 0 bridgehead atoms. The maximum atomic E-state index is 12.4. The number of pyridine rings is 1. The average Bonchev–Trinajstić information content (AvgIpc) is 2.62. The SMILES string of the molecule is Fc1ccc(NC2CCNC2)cn1. The van der Waals surface area contributed by atoms with E-state index in [-0.39, 0.29) is 0 Å². The Kier molecular flexibility index (Phi) is 2.40. The van der Waals surface area contributed by atoms with Gasteiger partial charge in [0.25, 0.3) is 0 Å². The first-order valence-corrected chi connectivity index (χ1v) is 4.43. The quantitative estimate of drug-likeness (QED) is 0.668. The second-order valence-corrected chi connectivity index (χ2v) is 3.20. The third-order valence-electron chi connectivity index (χ3n) is 2.16. The molecule has 3 nitrogen and oxygen atoms in total. The molecule has 0 saturated carbocycles. The fourth-order valence-corrected chi connectivity index (χ4v) is 1.47. The van der Waals surface area contributed by atoms with Crippen molar-refractivity contribution in [1.82, 2.24) is 10.3 Å². The second kappa shape index (κ2) is 3.70. The predicted octanol–water partition coefficient (Wildman–Crippen LogP) is 0.995. The third-order valence-corrected chi connectivity index (χ3v) is 2.16. The van der Waals surface area contributed by atoms with Crippen molar-refractivity contribution in [3.63, 3.8) is 0 Å². The highest BCUT2D eigenvalue weighted by Gasteiger charge is 2.13. The zero-order valence-corrected chi connectivity index (χ0v) is 7.26. The van der Waals surface area contributed by atoms with Crippen molar-refractivity contribution >= 4 is 5.69 Å². The summed E-state index contributed by atoms with van der Waals surface area (Å²) >= 11 is 0. The monoisotopic (exact) mass is 181 g/mol. The molecule has 4 heteroatoms. The van der Waals surface area contributed by atoms with E-state index in [1.807, 2.05) is 0 Å². The highest BCUT2D eigenvalue weighted by molar-refractivity contribution is 5.41. The molecule has 1 aliphatic heterocycles. The maximum Gasteiger partial charge on any atom is 0.212 e. The average molecular weight is 181 g/mol. The molecule has 2 heterocycles. The normalized spacial score (nSPS) is 21.8. The molecule has 2 rings (SSSR count). The van der Waals surface area contributed by atoms with Gasteiger partial charge in [-0.1, -0.05) is 0 Å². The summed E-state index contributed by atoms with van der Waals surface area (Å²) < 4.78 is 12.4. The number of rotatable bonds is 2. The van der Waals surface area contributed by atoms with Crippen LogP contribution in [0.4, 0.5) is 10.1 Å². The van der Waals surface area contributed by atoms with Crippen LogP contribution in [0.1, 0.15) is 6.42 Å². The Bertz CT molecular complexity index is 267. The van der Waals surface area contributed by atoms with Gasteiger partial charge in [0.2, 0.25) is 5.95 Å². The van der Waals surface area contributed by atoms with E-state index in [2.05, 4.69) is 15.6 Å². The van der Waals surface area contributed by atoms with Crippen LogP contribution in [0.15, 0.2) is 18.3 Å².